The van der Waals surface area contributed by atoms with Gasteiger partial charge < -0.3 is 39.9 Å². The molecule has 4 amide bonds. The average molecular weight is 1130 g/mol. The lowest BCUT2D eigenvalue weighted by Gasteiger charge is -2.41. The number of aromatic amines is 2. The molecule has 0 radical (unpaired) electrons. The fraction of sp³-hybridized carbons (Fsp3) is 0.414. The maximum Gasteiger partial charge on any atom is 0.407 e. The van der Waals surface area contributed by atoms with Crippen molar-refractivity contribution in [2.45, 2.75) is 78.0 Å². The number of ether oxygens (including phenoxy) is 2. The molecule has 2 aliphatic heterocycles. The highest BCUT2D eigenvalue weighted by molar-refractivity contribution is 7.88. The number of methoxy groups -OCH3 is 2. The van der Waals surface area contributed by atoms with E-state index in [9.17, 15) is 36.0 Å². The first kappa shape index (κ1) is 58.7. The molecule has 4 atom stereocenters. The van der Waals surface area contributed by atoms with Crippen molar-refractivity contribution in [1.29, 1.82) is 0 Å². The summed E-state index contributed by atoms with van der Waals surface area (Å²) in [5.41, 5.74) is 11.0. The summed E-state index contributed by atoms with van der Waals surface area (Å²) in [5.74, 6) is -0.418. The van der Waals surface area contributed by atoms with Crippen molar-refractivity contribution in [3.63, 3.8) is 0 Å². The normalized spacial score (nSPS) is 17.3. The van der Waals surface area contributed by atoms with Gasteiger partial charge in [-0.3, -0.25) is 9.59 Å². The second-order valence-corrected chi connectivity index (χ2v) is 25.1. The zero-order chi connectivity index (χ0) is 57.6. The largest absolute Gasteiger partial charge is 0.453 e. The Labute approximate surface area is 468 Å². The van der Waals surface area contributed by atoms with Gasteiger partial charge in [-0.1, -0.05) is 126 Å². The summed E-state index contributed by atoms with van der Waals surface area (Å²) in [6.45, 7) is 9.82. The molecule has 2 aromatic heterocycles. The van der Waals surface area contributed by atoms with E-state index in [1.165, 1.54) is 39.5 Å². The van der Waals surface area contributed by atoms with Gasteiger partial charge in [-0.25, -0.2) is 36.4 Å². The number of benzene rings is 4. The van der Waals surface area contributed by atoms with E-state index in [0.717, 1.165) is 65.2 Å². The molecule has 4 aromatic carbocycles. The Balaban J connectivity index is 0.965. The molecule has 20 nitrogen and oxygen atoms in total. The molecule has 0 aliphatic carbocycles. The lowest BCUT2D eigenvalue weighted by atomic mass is 9.91. The average Bonchev–Trinajstić information content (AvgIpc) is 4.22. The van der Waals surface area contributed by atoms with Gasteiger partial charge >= 0.3 is 12.2 Å². The smallest absolute Gasteiger partial charge is 0.407 e. The molecule has 6 aromatic rings. The Morgan fingerprint density at radius 3 is 1.49 bits per heavy atom. The third-order valence-electron chi connectivity index (χ3n) is 15.0. The Hall–Kier alpha value is -7.40. The number of rotatable bonds is 18. The lowest BCUT2D eigenvalue weighted by Crippen LogP contribution is -2.58. The van der Waals surface area contributed by atoms with E-state index in [2.05, 4.69) is 92.1 Å². The summed E-state index contributed by atoms with van der Waals surface area (Å²) in [4.78, 5) is 71.7. The number of sulfonamides is 2. The second kappa shape index (κ2) is 24.9. The Kier molecular flexibility index (Phi) is 18.3. The van der Waals surface area contributed by atoms with E-state index in [0.29, 0.717) is 23.0 Å². The molecule has 2 fully saturated rings. The number of nitrogens with one attached hydrogen (secondary N) is 4. The fourth-order valence-corrected chi connectivity index (χ4v) is 12.0. The molecule has 80 heavy (non-hydrogen) atoms. The zero-order valence-electron chi connectivity index (χ0n) is 46.7. The summed E-state index contributed by atoms with van der Waals surface area (Å²) in [7, 11) is -4.70. The Morgan fingerprint density at radius 2 is 1.05 bits per heavy atom. The van der Waals surface area contributed by atoms with Crippen LogP contribution in [0.15, 0.2) is 103 Å². The first-order chi connectivity index (χ1) is 38.1. The van der Waals surface area contributed by atoms with Gasteiger partial charge in [-0.15, -0.1) is 0 Å². The van der Waals surface area contributed by atoms with Crippen molar-refractivity contribution < 1.29 is 45.5 Å². The first-order valence-electron chi connectivity index (χ1n) is 26.8. The second-order valence-electron chi connectivity index (χ2n) is 21.1. The number of H-pyrrole nitrogens is 2. The third kappa shape index (κ3) is 13.6. The molecule has 4 N–H and O–H groups in total. The minimum absolute atomic E-state index is 0.00460. The zero-order valence-corrected chi connectivity index (χ0v) is 48.4. The van der Waals surface area contributed by atoms with Crippen LogP contribution in [-0.4, -0.2) is 157 Å². The summed E-state index contributed by atoms with van der Waals surface area (Å²) in [6.07, 6.45) is 6.64. The summed E-state index contributed by atoms with van der Waals surface area (Å²) in [5, 5.41) is 5.29. The van der Waals surface area contributed by atoms with Gasteiger partial charge in [-0.2, -0.15) is 8.61 Å². The summed E-state index contributed by atoms with van der Waals surface area (Å²) < 4.78 is 63.2. The van der Waals surface area contributed by atoms with Gasteiger partial charge in [-0.05, 0) is 81.2 Å². The highest BCUT2D eigenvalue weighted by Crippen LogP contribution is 2.34. The van der Waals surface area contributed by atoms with Crippen LogP contribution in [0.1, 0.15) is 75.0 Å². The van der Waals surface area contributed by atoms with Crippen molar-refractivity contribution in [1.82, 2.24) is 49.0 Å². The lowest BCUT2D eigenvalue weighted by molar-refractivity contribution is -0.139. The predicted octanol–water partition coefficient (Wildman–Crippen LogP) is 7.20. The molecule has 2 aliphatic rings. The highest BCUT2D eigenvalue weighted by Gasteiger charge is 2.42. The fourth-order valence-electron chi connectivity index (χ4n) is 10.4. The number of hydrogen-bond donors (Lipinski definition) is 4. The van der Waals surface area contributed by atoms with Gasteiger partial charge in [0.2, 0.25) is 31.9 Å². The number of piperazine rings is 2. The topological polar surface area (TPSA) is 249 Å². The van der Waals surface area contributed by atoms with Crippen LogP contribution in [0.5, 0.6) is 0 Å². The van der Waals surface area contributed by atoms with E-state index in [1.807, 2.05) is 64.1 Å². The third-order valence-corrected chi connectivity index (χ3v) is 17.6. The Bertz CT molecular complexity index is 3420. The molecule has 8 rings (SSSR count). The van der Waals surface area contributed by atoms with Crippen LogP contribution in [0.4, 0.5) is 9.59 Å². The molecular formula is C58H72N10O10S2. The number of carbonyl (C=O) groups is 4. The van der Waals surface area contributed by atoms with Crippen LogP contribution in [0.25, 0.3) is 44.8 Å². The maximum atomic E-state index is 14.0. The molecule has 426 valence electrons. The SMILES string of the molecule is CCc1ccc(CCc2cccc(-c3ccc(-c4cnc([C@@H]5CN(S(C)(=O)=O)CCN5C(=O)[C@@H](NC(=O)OC)C(C)C)[nH]4)cc3)c2)c(-c2ccc(-c3cnc([C@@H]4CN(S(C)(=O)=O)CCN4C(=O)[C@@H](NC(=O)OC)C(C)C)[nH]3)cc2)c1. The van der Waals surface area contributed by atoms with E-state index >= 15 is 0 Å². The van der Waals surface area contributed by atoms with Crippen LogP contribution in [0.2, 0.25) is 0 Å². The molecular weight excluding hydrogens is 1060 g/mol. The van der Waals surface area contributed by atoms with Crippen molar-refractivity contribution in [3.8, 4) is 44.8 Å². The molecule has 2 saturated heterocycles. The van der Waals surface area contributed by atoms with E-state index in [1.54, 1.807) is 22.2 Å². The number of alkyl carbamates (subject to hydrolysis) is 2. The number of hydrogen-bond acceptors (Lipinski definition) is 12. The standard InChI is InChI=1S/C58H72N10O10S2/c1-10-38-14-16-41(46(31-38)42-20-24-44(25-21-42)48-33-60-54(62-48)50-35-66(80(9,75)76)27-29-68(50)56(70)52(37(4)5)64-58(72)78-7)17-15-39-12-11-13-45(30-39)40-18-22-43(23-19-40)47-32-59-53(61-47)49-34-65(79(8,73)74)26-28-67(49)55(69)51(36(2)3)63-57(71)77-6/h11-14,16,18-25,30-33,36-37,49-52H,10,15,17,26-29,34-35H2,1-9H3,(H,59,61)(H,60,62)(H,63,71)(H,64,72)/t49-,50-,51-,52-/m0/s1. The van der Waals surface area contributed by atoms with Gasteiger partial charge in [0.25, 0.3) is 0 Å². The molecule has 0 bridgehead atoms. The number of imidazole rings is 2. The van der Waals surface area contributed by atoms with Gasteiger partial charge in [0.05, 0.1) is 50.5 Å². The highest BCUT2D eigenvalue weighted by atomic mass is 32.2. The first-order valence-corrected chi connectivity index (χ1v) is 30.5. The molecule has 4 heterocycles. The minimum atomic E-state index is -3.58. The van der Waals surface area contributed by atoms with Gasteiger partial charge in [0.15, 0.2) is 0 Å². The van der Waals surface area contributed by atoms with Gasteiger partial charge in [0.1, 0.15) is 35.8 Å². The van der Waals surface area contributed by atoms with Crippen LogP contribution < -0.4 is 10.6 Å². The maximum absolute atomic E-state index is 14.0. The number of carbonyl (C=O) groups excluding carboxylic acids is 4. The van der Waals surface area contributed by atoms with E-state index < -0.39 is 56.4 Å². The quantitative estimate of drug-likeness (QED) is 0.0667. The van der Waals surface area contributed by atoms with Crippen molar-refractivity contribution in [3.05, 3.63) is 132 Å². The van der Waals surface area contributed by atoms with Crippen LogP contribution in [0, 0.1) is 11.8 Å². The number of aryl methyl sites for hydroxylation is 3. The van der Waals surface area contributed by atoms with Crippen LogP contribution in [0.3, 0.4) is 0 Å². The number of nitrogens with zero attached hydrogens (tertiary/aromatic N) is 6. The van der Waals surface area contributed by atoms with Crippen molar-refractivity contribution in [2.75, 3.05) is 66.0 Å². The minimum Gasteiger partial charge on any atom is -0.453 e. The molecule has 22 heteroatoms. The Morgan fingerprint density at radius 1 is 0.588 bits per heavy atom. The van der Waals surface area contributed by atoms with E-state index in [4.69, 9.17) is 9.47 Å². The van der Waals surface area contributed by atoms with Crippen LogP contribution in [-0.2, 0) is 58.4 Å². The van der Waals surface area contributed by atoms with Crippen LogP contribution >= 0.6 is 0 Å². The van der Waals surface area contributed by atoms with Crippen molar-refractivity contribution in [2.24, 2.45) is 11.8 Å². The number of amides is 4. The molecule has 0 spiro atoms. The molecule has 0 unspecified atom stereocenters. The van der Waals surface area contributed by atoms with E-state index in [-0.39, 0.29) is 62.9 Å². The summed E-state index contributed by atoms with van der Waals surface area (Å²) in [6, 6.07) is 28.2. The number of aromatic nitrogens is 4. The predicted molar refractivity (Wildman–Crippen MR) is 306 cm³/mol. The summed E-state index contributed by atoms with van der Waals surface area (Å²) >= 11 is 0. The monoisotopic (exact) mass is 1130 g/mol. The van der Waals surface area contributed by atoms with Gasteiger partial charge in [0, 0.05) is 39.3 Å². The van der Waals surface area contributed by atoms with Crippen molar-refractivity contribution >= 4 is 44.0 Å². The molecule has 0 saturated carbocycles.